The molecule has 2 N–H and O–H groups in total. The second kappa shape index (κ2) is 4.86. The molecule has 0 saturated carbocycles. The van der Waals surface area contributed by atoms with Crippen LogP contribution in [-0.4, -0.2) is 16.7 Å². The van der Waals surface area contributed by atoms with Crippen molar-refractivity contribution in [3.05, 3.63) is 33.7 Å². The van der Waals surface area contributed by atoms with Gasteiger partial charge in [0, 0.05) is 12.6 Å². The molecule has 0 aromatic carbocycles. The summed E-state index contributed by atoms with van der Waals surface area (Å²) >= 11 is 0. The normalized spacial score (nSPS) is 10.8. The first-order valence-electron chi connectivity index (χ1n) is 4.35. The van der Waals surface area contributed by atoms with Crippen LogP contribution in [0.25, 0.3) is 0 Å². The third-order valence-electron chi connectivity index (χ3n) is 1.69. The van der Waals surface area contributed by atoms with Crippen molar-refractivity contribution in [2.45, 2.75) is 12.6 Å². The molecule has 86 valence electrons. The van der Waals surface area contributed by atoms with Gasteiger partial charge >= 0.3 is 6.18 Å². The summed E-state index contributed by atoms with van der Waals surface area (Å²) in [6, 6.07) is 0.684. The first-order valence-corrected chi connectivity index (χ1v) is 4.35. The van der Waals surface area contributed by atoms with Gasteiger partial charge in [0.1, 0.15) is 0 Å². The number of aliphatic hydroxyl groups is 1. The Balaban J connectivity index is 3.11. The largest absolute Gasteiger partial charge is 0.417 e. The van der Waals surface area contributed by atoms with Crippen molar-refractivity contribution < 1.29 is 18.3 Å². The summed E-state index contributed by atoms with van der Waals surface area (Å²) in [6.45, 7) is -0.204. The van der Waals surface area contributed by atoms with E-state index in [4.69, 9.17) is 5.11 Å². The molecule has 6 heteroatoms. The van der Waals surface area contributed by atoms with Gasteiger partial charge in [-0.05, 0) is 6.07 Å². The van der Waals surface area contributed by atoms with Crippen molar-refractivity contribution in [3.8, 4) is 11.8 Å². The molecule has 16 heavy (non-hydrogen) atoms. The predicted molar refractivity (Wildman–Crippen MR) is 50.6 cm³/mol. The minimum Gasteiger partial charge on any atom is -0.395 e. The monoisotopic (exact) mass is 231 g/mol. The summed E-state index contributed by atoms with van der Waals surface area (Å²) in [5, 5.41) is 8.43. The van der Waals surface area contributed by atoms with E-state index < -0.39 is 17.3 Å². The van der Waals surface area contributed by atoms with Crippen LogP contribution >= 0.6 is 0 Å². The highest BCUT2D eigenvalue weighted by Crippen LogP contribution is 2.28. The van der Waals surface area contributed by atoms with Gasteiger partial charge in [-0.3, -0.25) is 4.79 Å². The molecule has 0 amide bonds. The van der Waals surface area contributed by atoms with E-state index in [1.165, 1.54) is 0 Å². The Morgan fingerprint density at radius 2 is 2.12 bits per heavy atom. The molecular weight excluding hydrogens is 223 g/mol. The van der Waals surface area contributed by atoms with E-state index in [-0.39, 0.29) is 18.6 Å². The molecule has 0 aliphatic carbocycles. The first kappa shape index (κ1) is 12.3. The van der Waals surface area contributed by atoms with Crippen molar-refractivity contribution in [1.82, 2.24) is 4.98 Å². The van der Waals surface area contributed by atoms with E-state index >= 15 is 0 Å². The number of rotatable bonds is 1. The fraction of sp³-hybridized carbons (Fsp3) is 0.300. The number of halogens is 3. The van der Waals surface area contributed by atoms with Crippen LogP contribution in [0, 0.1) is 11.8 Å². The van der Waals surface area contributed by atoms with Crippen LogP contribution in [0.5, 0.6) is 0 Å². The van der Waals surface area contributed by atoms with Gasteiger partial charge in [0.2, 0.25) is 0 Å². The summed E-state index contributed by atoms with van der Waals surface area (Å²) in [5.41, 5.74) is -1.90. The third-order valence-corrected chi connectivity index (χ3v) is 1.69. The Morgan fingerprint density at radius 1 is 1.44 bits per heavy atom. The molecule has 0 aliphatic heterocycles. The number of H-pyrrole nitrogens is 1. The van der Waals surface area contributed by atoms with E-state index in [9.17, 15) is 18.0 Å². The highest BCUT2D eigenvalue weighted by Gasteiger charge is 2.31. The van der Waals surface area contributed by atoms with E-state index in [0.717, 1.165) is 0 Å². The molecule has 0 bridgehead atoms. The van der Waals surface area contributed by atoms with Crippen LogP contribution in [0.4, 0.5) is 13.2 Å². The zero-order valence-corrected chi connectivity index (χ0v) is 8.06. The zero-order valence-electron chi connectivity index (χ0n) is 8.06. The second-order valence-corrected chi connectivity index (χ2v) is 2.90. The number of aliphatic hydroxyl groups excluding tert-OH is 1. The lowest BCUT2D eigenvalue weighted by atomic mass is 10.2. The van der Waals surface area contributed by atoms with Gasteiger partial charge in [-0.1, -0.05) is 11.8 Å². The highest BCUT2D eigenvalue weighted by molar-refractivity contribution is 5.35. The standard InChI is InChI=1S/C10H8F3NO2/c11-10(12,13)8-5-7(3-1-2-4-15)9(16)14-6-8/h5-6,15H,2,4H2,(H,14,16). The Morgan fingerprint density at radius 3 is 2.69 bits per heavy atom. The number of hydrogen-bond donors (Lipinski definition) is 2. The maximum Gasteiger partial charge on any atom is 0.417 e. The molecule has 0 saturated heterocycles. The molecule has 1 aromatic heterocycles. The number of aromatic amines is 1. The van der Waals surface area contributed by atoms with Gasteiger partial charge in [0.05, 0.1) is 17.7 Å². The molecule has 0 unspecified atom stereocenters. The predicted octanol–water partition coefficient (Wildman–Crippen LogP) is 1.13. The van der Waals surface area contributed by atoms with Crippen molar-refractivity contribution in [2.75, 3.05) is 6.61 Å². The minimum absolute atomic E-state index is 0.107. The summed E-state index contributed by atoms with van der Waals surface area (Å²) in [4.78, 5) is 13.1. The lowest BCUT2D eigenvalue weighted by molar-refractivity contribution is -0.137. The molecule has 0 aliphatic rings. The lowest BCUT2D eigenvalue weighted by Crippen LogP contribution is -2.14. The van der Waals surface area contributed by atoms with Gasteiger partial charge in [-0.15, -0.1) is 0 Å². The molecule has 1 aromatic rings. The average molecular weight is 231 g/mol. The smallest absolute Gasteiger partial charge is 0.395 e. The van der Waals surface area contributed by atoms with Gasteiger partial charge in [-0.25, -0.2) is 0 Å². The summed E-state index contributed by atoms with van der Waals surface area (Å²) in [5.74, 6) is 4.66. The van der Waals surface area contributed by atoms with Gasteiger partial charge in [0.25, 0.3) is 5.56 Å². The van der Waals surface area contributed by atoms with E-state index in [0.29, 0.717) is 12.3 Å². The second-order valence-electron chi connectivity index (χ2n) is 2.90. The fourth-order valence-corrected chi connectivity index (χ4v) is 0.954. The molecule has 1 rings (SSSR count). The van der Waals surface area contributed by atoms with Gasteiger partial charge in [-0.2, -0.15) is 13.2 Å². The Kier molecular flexibility index (Phi) is 3.74. The average Bonchev–Trinajstić information content (AvgIpc) is 2.19. The molecule has 0 atom stereocenters. The van der Waals surface area contributed by atoms with Crippen LogP contribution in [0.15, 0.2) is 17.1 Å². The Labute approximate surface area is 88.9 Å². The zero-order chi connectivity index (χ0) is 12.2. The minimum atomic E-state index is -4.52. The van der Waals surface area contributed by atoms with E-state index in [2.05, 4.69) is 11.8 Å². The molecule has 0 fully saturated rings. The SMILES string of the molecule is O=c1[nH]cc(C(F)(F)F)cc1C#CCCO. The summed E-state index contributed by atoms with van der Waals surface area (Å²) in [6.07, 6.45) is -3.81. The van der Waals surface area contributed by atoms with Crippen LogP contribution < -0.4 is 5.56 Å². The maximum atomic E-state index is 12.3. The number of nitrogens with one attached hydrogen (secondary N) is 1. The molecular formula is C10H8F3NO2. The van der Waals surface area contributed by atoms with Crippen molar-refractivity contribution in [1.29, 1.82) is 0 Å². The Hall–Kier alpha value is -1.74. The number of aromatic nitrogens is 1. The van der Waals surface area contributed by atoms with Crippen LogP contribution in [0.3, 0.4) is 0 Å². The van der Waals surface area contributed by atoms with Crippen LogP contribution in [-0.2, 0) is 6.18 Å². The third kappa shape index (κ3) is 3.14. The van der Waals surface area contributed by atoms with Crippen LogP contribution in [0.1, 0.15) is 17.5 Å². The number of alkyl halides is 3. The van der Waals surface area contributed by atoms with Gasteiger partial charge < -0.3 is 10.1 Å². The Bertz CT molecular complexity index is 479. The number of pyridine rings is 1. The molecule has 3 nitrogen and oxygen atoms in total. The quantitative estimate of drug-likeness (QED) is 0.712. The maximum absolute atomic E-state index is 12.3. The number of hydrogen-bond acceptors (Lipinski definition) is 2. The van der Waals surface area contributed by atoms with E-state index in [1.54, 1.807) is 0 Å². The summed E-state index contributed by atoms with van der Waals surface area (Å²) in [7, 11) is 0. The van der Waals surface area contributed by atoms with Crippen LogP contribution in [0.2, 0.25) is 0 Å². The molecule has 0 radical (unpaired) electrons. The fourth-order valence-electron chi connectivity index (χ4n) is 0.954. The van der Waals surface area contributed by atoms with Crippen molar-refractivity contribution in [2.24, 2.45) is 0 Å². The molecule has 1 heterocycles. The van der Waals surface area contributed by atoms with Crippen molar-refractivity contribution in [3.63, 3.8) is 0 Å². The van der Waals surface area contributed by atoms with E-state index in [1.807, 2.05) is 4.98 Å². The first-order chi connectivity index (χ1) is 7.45. The van der Waals surface area contributed by atoms with Crippen molar-refractivity contribution >= 4 is 0 Å². The highest BCUT2D eigenvalue weighted by atomic mass is 19.4. The lowest BCUT2D eigenvalue weighted by Gasteiger charge is -2.05. The molecule has 0 spiro atoms. The topological polar surface area (TPSA) is 53.1 Å². The summed E-state index contributed by atoms with van der Waals surface area (Å²) < 4.78 is 36.8. The van der Waals surface area contributed by atoms with Gasteiger partial charge in [0.15, 0.2) is 0 Å².